The SMILES string of the molecule is COC(=O)CN(CC(=O)OC)C(=O)C1C(C)(C)C1(C)C. The minimum Gasteiger partial charge on any atom is -0.468 e. The predicted octanol–water partition coefficient (Wildman–Crippen LogP) is 0.843. The van der Waals surface area contributed by atoms with Gasteiger partial charge in [0.1, 0.15) is 13.1 Å². The van der Waals surface area contributed by atoms with Crippen molar-refractivity contribution in [2.45, 2.75) is 27.7 Å². The summed E-state index contributed by atoms with van der Waals surface area (Å²) in [5.41, 5.74) is -0.316. The van der Waals surface area contributed by atoms with E-state index in [9.17, 15) is 14.4 Å². The lowest BCUT2D eigenvalue weighted by Gasteiger charge is -2.21. The Morgan fingerprint density at radius 3 is 1.50 bits per heavy atom. The Hall–Kier alpha value is -1.59. The molecule has 1 fully saturated rings. The summed E-state index contributed by atoms with van der Waals surface area (Å²) in [7, 11) is 2.49. The number of amides is 1. The molecular formula is C14H23NO5. The molecular weight excluding hydrogens is 262 g/mol. The lowest BCUT2D eigenvalue weighted by atomic mass is 10.0. The van der Waals surface area contributed by atoms with Crippen LogP contribution >= 0.6 is 0 Å². The van der Waals surface area contributed by atoms with E-state index in [2.05, 4.69) is 9.47 Å². The molecule has 0 aromatic heterocycles. The molecule has 6 heteroatoms. The van der Waals surface area contributed by atoms with E-state index in [1.165, 1.54) is 19.1 Å². The molecule has 1 aliphatic rings. The Balaban J connectivity index is 2.86. The fourth-order valence-corrected chi connectivity index (χ4v) is 2.65. The molecule has 114 valence electrons. The van der Waals surface area contributed by atoms with Gasteiger partial charge >= 0.3 is 11.9 Å². The van der Waals surface area contributed by atoms with Crippen LogP contribution in [-0.2, 0) is 23.9 Å². The average Bonchev–Trinajstić information content (AvgIpc) is 2.77. The third kappa shape index (κ3) is 2.78. The largest absolute Gasteiger partial charge is 0.468 e. The Labute approximate surface area is 119 Å². The molecule has 0 spiro atoms. The molecule has 0 heterocycles. The van der Waals surface area contributed by atoms with Crippen molar-refractivity contribution in [1.29, 1.82) is 0 Å². The van der Waals surface area contributed by atoms with Crippen LogP contribution in [0.5, 0.6) is 0 Å². The van der Waals surface area contributed by atoms with Gasteiger partial charge < -0.3 is 14.4 Å². The van der Waals surface area contributed by atoms with Crippen LogP contribution < -0.4 is 0 Å². The van der Waals surface area contributed by atoms with Gasteiger partial charge in [0.2, 0.25) is 5.91 Å². The van der Waals surface area contributed by atoms with Gasteiger partial charge in [0.25, 0.3) is 0 Å². The Bertz CT molecular complexity index is 395. The molecule has 0 saturated heterocycles. The summed E-state index contributed by atoms with van der Waals surface area (Å²) in [5.74, 6) is -1.54. The summed E-state index contributed by atoms with van der Waals surface area (Å²) in [5, 5.41) is 0. The zero-order chi connectivity index (χ0) is 15.7. The third-order valence-corrected chi connectivity index (χ3v) is 4.67. The van der Waals surface area contributed by atoms with Crippen LogP contribution in [0.3, 0.4) is 0 Å². The molecule has 1 rings (SSSR count). The summed E-state index contributed by atoms with van der Waals surface area (Å²) in [6.45, 7) is 7.53. The van der Waals surface area contributed by atoms with Gasteiger partial charge in [0.15, 0.2) is 0 Å². The Morgan fingerprint density at radius 2 is 1.25 bits per heavy atom. The maximum Gasteiger partial charge on any atom is 0.325 e. The topological polar surface area (TPSA) is 72.9 Å². The van der Waals surface area contributed by atoms with Gasteiger partial charge in [-0.15, -0.1) is 0 Å². The minimum absolute atomic E-state index is 0.158. The molecule has 0 aromatic carbocycles. The van der Waals surface area contributed by atoms with Crippen molar-refractivity contribution in [1.82, 2.24) is 4.90 Å². The second kappa shape index (κ2) is 5.42. The van der Waals surface area contributed by atoms with Crippen molar-refractivity contribution in [3.05, 3.63) is 0 Å². The molecule has 0 radical (unpaired) electrons. The number of nitrogens with zero attached hydrogens (tertiary/aromatic N) is 1. The molecule has 1 aliphatic carbocycles. The van der Waals surface area contributed by atoms with Crippen molar-refractivity contribution < 1.29 is 23.9 Å². The molecule has 0 unspecified atom stereocenters. The lowest BCUT2D eigenvalue weighted by Crippen LogP contribution is -2.42. The van der Waals surface area contributed by atoms with E-state index >= 15 is 0 Å². The highest BCUT2D eigenvalue weighted by atomic mass is 16.5. The van der Waals surface area contributed by atoms with E-state index in [0.717, 1.165) is 0 Å². The molecule has 1 amide bonds. The van der Waals surface area contributed by atoms with Crippen LogP contribution in [0.4, 0.5) is 0 Å². The van der Waals surface area contributed by atoms with E-state index in [1.54, 1.807) is 0 Å². The van der Waals surface area contributed by atoms with Gasteiger partial charge in [-0.3, -0.25) is 14.4 Å². The Kier molecular flexibility index (Phi) is 4.46. The first-order valence-corrected chi connectivity index (χ1v) is 6.52. The van der Waals surface area contributed by atoms with Gasteiger partial charge in [-0.25, -0.2) is 0 Å². The third-order valence-electron chi connectivity index (χ3n) is 4.67. The van der Waals surface area contributed by atoms with Gasteiger partial charge in [0, 0.05) is 5.92 Å². The first-order valence-electron chi connectivity index (χ1n) is 6.52. The number of methoxy groups -OCH3 is 2. The number of rotatable bonds is 5. The van der Waals surface area contributed by atoms with Crippen LogP contribution in [-0.4, -0.2) is 50.1 Å². The first-order chi connectivity index (χ1) is 9.09. The van der Waals surface area contributed by atoms with Crippen molar-refractivity contribution in [3.8, 4) is 0 Å². The van der Waals surface area contributed by atoms with Crippen LogP contribution in [0, 0.1) is 16.7 Å². The van der Waals surface area contributed by atoms with Crippen LogP contribution in [0.25, 0.3) is 0 Å². The van der Waals surface area contributed by atoms with E-state index in [0.29, 0.717) is 0 Å². The molecule has 20 heavy (non-hydrogen) atoms. The molecule has 0 atom stereocenters. The number of carbonyl (C=O) groups is 3. The number of esters is 2. The second-order valence-electron chi connectivity index (χ2n) is 6.22. The van der Waals surface area contributed by atoms with Gasteiger partial charge in [-0.1, -0.05) is 27.7 Å². The maximum absolute atomic E-state index is 12.5. The molecule has 0 bridgehead atoms. The molecule has 0 N–H and O–H groups in total. The summed E-state index contributed by atoms with van der Waals surface area (Å²) >= 11 is 0. The van der Waals surface area contributed by atoms with Gasteiger partial charge in [-0.2, -0.15) is 0 Å². The second-order valence-corrected chi connectivity index (χ2v) is 6.22. The van der Waals surface area contributed by atoms with E-state index in [4.69, 9.17) is 0 Å². The molecule has 6 nitrogen and oxygen atoms in total. The highest BCUT2D eigenvalue weighted by molar-refractivity contribution is 5.90. The highest BCUT2D eigenvalue weighted by Crippen LogP contribution is 2.68. The monoisotopic (exact) mass is 285 g/mol. The van der Waals surface area contributed by atoms with Crippen molar-refractivity contribution in [2.24, 2.45) is 16.7 Å². The minimum atomic E-state index is -0.557. The highest BCUT2D eigenvalue weighted by Gasteiger charge is 2.68. The number of carbonyl (C=O) groups excluding carboxylic acids is 3. The summed E-state index contributed by atoms with van der Waals surface area (Å²) in [6, 6.07) is 0. The lowest BCUT2D eigenvalue weighted by molar-refractivity contribution is -0.153. The number of hydrogen-bond acceptors (Lipinski definition) is 5. The van der Waals surface area contributed by atoms with Crippen molar-refractivity contribution in [3.63, 3.8) is 0 Å². The standard InChI is InChI=1S/C14H23NO5/c1-13(2)11(14(13,3)4)12(18)15(7-9(16)19-5)8-10(17)20-6/h11H,7-8H2,1-6H3. The molecule has 0 aromatic rings. The van der Waals surface area contributed by atoms with Crippen molar-refractivity contribution >= 4 is 17.8 Å². The quantitative estimate of drug-likeness (QED) is 0.700. The maximum atomic E-state index is 12.5. The molecule has 1 saturated carbocycles. The zero-order valence-corrected chi connectivity index (χ0v) is 13.0. The van der Waals surface area contributed by atoms with E-state index in [1.807, 2.05) is 27.7 Å². The molecule has 0 aliphatic heterocycles. The summed E-state index contributed by atoms with van der Waals surface area (Å²) in [4.78, 5) is 36.5. The van der Waals surface area contributed by atoms with E-state index in [-0.39, 0.29) is 35.7 Å². The average molecular weight is 285 g/mol. The van der Waals surface area contributed by atoms with Crippen molar-refractivity contribution in [2.75, 3.05) is 27.3 Å². The zero-order valence-electron chi connectivity index (χ0n) is 13.0. The smallest absolute Gasteiger partial charge is 0.325 e. The van der Waals surface area contributed by atoms with Gasteiger partial charge in [-0.05, 0) is 10.8 Å². The fourth-order valence-electron chi connectivity index (χ4n) is 2.65. The Morgan fingerprint density at radius 1 is 0.900 bits per heavy atom. The number of ether oxygens (including phenoxy) is 2. The number of hydrogen-bond donors (Lipinski definition) is 0. The first kappa shape index (κ1) is 16.5. The van der Waals surface area contributed by atoms with Crippen LogP contribution in [0.2, 0.25) is 0 Å². The van der Waals surface area contributed by atoms with Crippen LogP contribution in [0.15, 0.2) is 0 Å². The van der Waals surface area contributed by atoms with Gasteiger partial charge in [0.05, 0.1) is 14.2 Å². The summed E-state index contributed by atoms with van der Waals surface area (Å²) < 4.78 is 9.13. The predicted molar refractivity (Wildman–Crippen MR) is 71.7 cm³/mol. The normalized spacial score (nSPS) is 19.1. The van der Waals surface area contributed by atoms with E-state index < -0.39 is 11.9 Å². The fraction of sp³-hybridized carbons (Fsp3) is 0.786. The summed E-state index contributed by atoms with van der Waals surface area (Å²) in [6.07, 6.45) is 0. The van der Waals surface area contributed by atoms with Crippen LogP contribution in [0.1, 0.15) is 27.7 Å².